The zero-order valence-corrected chi connectivity index (χ0v) is 21.0. The highest BCUT2D eigenvalue weighted by atomic mass is 19.1. The molecule has 38 heavy (non-hydrogen) atoms. The van der Waals surface area contributed by atoms with Crippen molar-refractivity contribution in [1.29, 1.82) is 0 Å². The summed E-state index contributed by atoms with van der Waals surface area (Å²) in [5.41, 5.74) is 2.74. The van der Waals surface area contributed by atoms with Crippen LogP contribution in [-0.2, 0) is 17.8 Å². The van der Waals surface area contributed by atoms with E-state index in [1.165, 1.54) is 12.1 Å². The van der Waals surface area contributed by atoms with Crippen LogP contribution in [0, 0.1) is 11.6 Å². The van der Waals surface area contributed by atoms with Crippen molar-refractivity contribution in [2.24, 2.45) is 0 Å². The predicted octanol–water partition coefficient (Wildman–Crippen LogP) is 3.07. The fraction of sp³-hybridized carbons (Fsp3) is 0.370. The Morgan fingerprint density at radius 2 is 1.66 bits per heavy atom. The Bertz CT molecular complexity index is 1380. The maximum absolute atomic E-state index is 15.0. The number of anilines is 2. The van der Waals surface area contributed by atoms with Gasteiger partial charge in [-0.25, -0.2) is 13.8 Å². The number of hydrogen-bond acceptors (Lipinski definition) is 8. The molecule has 5 heterocycles. The summed E-state index contributed by atoms with van der Waals surface area (Å²) >= 11 is 0. The number of rotatable bonds is 7. The van der Waals surface area contributed by atoms with Gasteiger partial charge >= 0.3 is 0 Å². The highest BCUT2D eigenvalue weighted by Crippen LogP contribution is 2.25. The molecule has 1 aromatic carbocycles. The molecule has 2 fully saturated rings. The van der Waals surface area contributed by atoms with Gasteiger partial charge in [0.25, 0.3) is 0 Å². The van der Waals surface area contributed by atoms with Crippen LogP contribution in [0.2, 0.25) is 0 Å². The van der Waals surface area contributed by atoms with Crippen molar-refractivity contribution in [2.75, 3.05) is 57.8 Å². The molecule has 0 aliphatic carbocycles. The molecule has 4 aromatic rings. The van der Waals surface area contributed by atoms with Crippen LogP contribution in [0.15, 0.2) is 48.9 Å². The van der Waals surface area contributed by atoms with E-state index in [4.69, 9.17) is 4.74 Å². The fourth-order valence-corrected chi connectivity index (χ4v) is 4.87. The summed E-state index contributed by atoms with van der Waals surface area (Å²) in [5, 5.41) is 7.30. The monoisotopic (exact) mass is 520 g/mol. The number of nitrogens with one attached hydrogen (secondary N) is 2. The van der Waals surface area contributed by atoms with E-state index in [0.29, 0.717) is 43.6 Å². The normalized spacial score (nSPS) is 17.2. The minimum Gasteiger partial charge on any atom is -0.379 e. The Hall–Kier alpha value is -3.51. The van der Waals surface area contributed by atoms with Crippen molar-refractivity contribution >= 4 is 22.7 Å². The quantitative estimate of drug-likeness (QED) is 0.385. The van der Waals surface area contributed by atoms with E-state index >= 15 is 8.78 Å². The molecule has 3 aromatic heterocycles. The number of benzene rings is 1. The lowest BCUT2D eigenvalue weighted by Gasteiger charge is -2.27. The number of pyridine rings is 1. The van der Waals surface area contributed by atoms with Gasteiger partial charge in [0, 0.05) is 75.7 Å². The molecule has 11 heteroatoms. The number of fused-ring (bicyclic) bond motifs is 1. The molecule has 2 aliphatic rings. The summed E-state index contributed by atoms with van der Waals surface area (Å²) in [4.78, 5) is 18.0. The fourth-order valence-electron chi connectivity index (χ4n) is 4.87. The Balaban J connectivity index is 1.19. The van der Waals surface area contributed by atoms with Gasteiger partial charge < -0.3 is 19.9 Å². The molecule has 0 saturated carbocycles. The molecule has 2 N–H and O–H groups in total. The van der Waals surface area contributed by atoms with Gasteiger partial charge in [-0.3, -0.25) is 14.8 Å². The zero-order valence-electron chi connectivity index (χ0n) is 21.0. The summed E-state index contributed by atoms with van der Waals surface area (Å²) in [6.45, 7) is 7.51. The van der Waals surface area contributed by atoms with Crippen molar-refractivity contribution < 1.29 is 13.5 Å². The van der Waals surface area contributed by atoms with Crippen LogP contribution in [0.3, 0.4) is 0 Å². The third-order valence-corrected chi connectivity index (χ3v) is 6.99. The van der Waals surface area contributed by atoms with Gasteiger partial charge in [-0.15, -0.1) is 0 Å². The first-order chi connectivity index (χ1) is 18.6. The first-order valence-corrected chi connectivity index (χ1v) is 12.9. The van der Waals surface area contributed by atoms with E-state index in [2.05, 4.69) is 30.5 Å². The third kappa shape index (κ3) is 5.51. The van der Waals surface area contributed by atoms with Crippen LogP contribution in [0.4, 0.5) is 20.4 Å². The average molecular weight is 521 g/mol. The van der Waals surface area contributed by atoms with Crippen LogP contribution in [0.25, 0.3) is 16.7 Å². The Morgan fingerprint density at radius 3 is 2.39 bits per heavy atom. The van der Waals surface area contributed by atoms with Gasteiger partial charge in [0.1, 0.15) is 17.3 Å². The molecule has 0 spiro atoms. The van der Waals surface area contributed by atoms with Gasteiger partial charge in [-0.2, -0.15) is 4.98 Å². The largest absolute Gasteiger partial charge is 0.379 e. The van der Waals surface area contributed by atoms with Crippen LogP contribution in [-0.4, -0.2) is 81.8 Å². The predicted molar refractivity (Wildman–Crippen MR) is 141 cm³/mol. The van der Waals surface area contributed by atoms with E-state index in [0.717, 1.165) is 49.5 Å². The Morgan fingerprint density at radius 1 is 0.895 bits per heavy atom. The summed E-state index contributed by atoms with van der Waals surface area (Å²) in [6, 6.07) is 8.48. The highest BCUT2D eigenvalue weighted by molar-refractivity contribution is 5.78. The second kappa shape index (κ2) is 11.1. The number of morpholine rings is 1. The zero-order chi connectivity index (χ0) is 25.9. The van der Waals surface area contributed by atoms with E-state index in [-0.39, 0.29) is 12.1 Å². The topological polar surface area (TPSA) is 83.4 Å². The molecule has 2 saturated heterocycles. The van der Waals surface area contributed by atoms with Crippen molar-refractivity contribution in [1.82, 2.24) is 34.6 Å². The summed E-state index contributed by atoms with van der Waals surface area (Å²) in [6.07, 6.45) is 5.19. The van der Waals surface area contributed by atoms with E-state index in [9.17, 15) is 0 Å². The molecule has 2 aliphatic heterocycles. The number of aromatic nitrogens is 4. The molecule has 0 atom stereocenters. The molecule has 9 nitrogen and oxygen atoms in total. The number of hydrogen-bond donors (Lipinski definition) is 2. The molecular weight excluding hydrogens is 490 g/mol. The molecule has 0 amide bonds. The van der Waals surface area contributed by atoms with Crippen LogP contribution < -0.4 is 10.6 Å². The lowest BCUT2D eigenvalue weighted by Crippen LogP contribution is -2.43. The SMILES string of the molecule is Fc1cc(-n2ccc3cnc(Nc4ccc(CN5CCNCC5)nc4)nc32)cc(F)c1CN1CCOCC1. The number of ether oxygens (including phenoxy) is 1. The molecule has 6 rings (SSSR count). The van der Waals surface area contributed by atoms with Crippen molar-refractivity contribution in [3.05, 3.63) is 71.8 Å². The maximum atomic E-state index is 15.0. The molecule has 198 valence electrons. The van der Waals surface area contributed by atoms with Crippen LogP contribution in [0.1, 0.15) is 11.3 Å². The van der Waals surface area contributed by atoms with Crippen LogP contribution in [0.5, 0.6) is 0 Å². The minimum absolute atomic E-state index is 0.0667. The molecule has 0 bridgehead atoms. The van der Waals surface area contributed by atoms with E-state index in [1.807, 2.05) is 23.1 Å². The van der Waals surface area contributed by atoms with Gasteiger partial charge in [0.2, 0.25) is 5.95 Å². The summed E-state index contributed by atoms with van der Waals surface area (Å²) in [7, 11) is 0. The first-order valence-electron chi connectivity index (χ1n) is 12.9. The molecular formula is C27H30F2N8O. The third-order valence-electron chi connectivity index (χ3n) is 6.99. The maximum Gasteiger partial charge on any atom is 0.229 e. The van der Waals surface area contributed by atoms with E-state index in [1.54, 1.807) is 23.2 Å². The lowest BCUT2D eigenvalue weighted by molar-refractivity contribution is 0.0332. The van der Waals surface area contributed by atoms with Gasteiger partial charge in [-0.05, 0) is 30.3 Å². The molecule has 0 unspecified atom stereocenters. The number of halogens is 2. The standard InChI is InChI=1S/C27H30F2N8O/c28-24-13-22(14-25(29)23(24)18-36-9-11-38-12-10-36)37-6-3-19-15-32-27(34-26(19)37)33-20-1-2-21(31-16-20)17-35-7-4-30-5-8-35/h1-3,6,13-16,30H,4-5,7-12,17-18H2,(H,32,33,34). The summed E-state index contributed by atoms with van der Waals surface area (Å²) < 4.78 is 37.1. The van der Waals surface area contributed by atoms with Crippen LogP contribution >= 0.6 is 0 Å². The van der Waals surface area contributed by atoms with Gasteiger partial charge in [0.15, 0.2) is 0 Å². The van der Waals surface area contributed by atoms with Gasteiger partial charge in [-0.1, -0.05) is 0 Å². The summed E-state index contributed by atoms with van der Waals surface area (Å²) in [5.74, 6) is -0.778. The average Bonchev–Trinajstić information content (AvgIpc) is 3.36. The van der Waals surface area contributed by atoms with Crippen molar-refractivity contribution in [3.8, 4) is 5.69 Å². The molecule has 0 radical (unpaired) electrons. The number of piperazine rings is 1. The van der Waals surface area contributed by atoms with Gasteiger partial charge in [0.05, 0.1) is 36.5 Å². The second-order valence-corrected chi connectivity index (χ2v) is 9.62. The highest BCUT2D eigenvalue weighted by Gasteiger charge is 2.19. The Labute approximate surface area is 219 Å². The Kier molecular flexibility index (Phi) is 7.23. The van der Waals surface area contributed by atoms with Crippen molar-refractivity contribution in [2.45, 2.75) is 13.1 Å². The van der Waals surface area contributed by atoms with Crippen molar-refractivity contribution in [3.63, 3.8) is 0 Å². The first kappa shape index (κ1) is 24.8. The second-order valence-electron chi connectivity index (χ2n) is 9.62. The minimum atomic E-state index is -0.576. The smallest absolute Gasteiger partial charge is 0.229 e. The van der Waals surface area contributed by atoms with E-state index < -0.39 is 11.6 Å². The lowest BCUT2D eigenvalue weighted by atomic mass is 10.1. The number of nitrogens with zero attached hydrogens (tertiary/aromatic N) is 6.